The second kappa shape index (κ2) is 7.61. The summed E-state index contributed by atoms with van der Waals surface area (Å²) in [7, 11) is 0. The van der Waals surface area contributed by atoms with Crippen molar-refractivity contribution in [2.75, 3.05) is 17.2 Å². The van der Waals surface area contributed by atoms with Crippen molar-refractivity contribution < 1.29 is 5.11 Å². The van der Waals surface area contributed by atoms with Crippen LogP contribution in [-0.4, -0.2) is 33.8 Å². The highest BCUT2D eigenvalue weighted by Crippen LogP contribution is 2.42. The van der Waals surface area contributed by atoms with Crippen molar-refractivity contribution in [3.8, 4) is 12.1 Å². The smallest absolute Gasteiger partial charge is 0.224 e. The van der Waals surface area contributed by atoms with Gasteiger partial charge in [-0.3, -0.25) is 0 Å². The average molecular weight is 362 g/mol. The third-order valence-electron chi connectivity index (χ3n) is 5.22. The van der Waals surface area contributed by atoms with Gasteiger partial charge in [0.25, 0.3) is 0 Å². The van der Waals surface area contributed by atoms with Gasteiger partial charge >= 0.3 is 0 Å². The van der Waals surface area contributed by atoms with Gasteiger partial charge in [-0.05, 0) is 30.5 Å². The van der Waals surface area contributed by atoms with Gasteiger partial charge in [-0.2, -0.15) is 15.5 Å². The molecular formula is C20H22N6O. The molecule has 1 aliphatic rings. The van der Waals surface area contributed by atoms with Crippen molar-refractivity contribution in [1.82, 2.24) is 9.97 Å². The van der Waals surface area contributed by atoms with Crippen molar-refractivity contribution in [2.24, 2.45) is 5.41 Å². The summed E-state index contributed by atoms with van der Waals surface area (Å²) in [5.74, 6) is 0.932. The maximum atomic E-state index is 9.89. The molecule has 1 aromatic heterocycles. The summed E-state index contributed by atoms with van der Waals surface area (Å²) < 4.78 is 0. The molecule has 3 N–H and O–H groups in total. The van der Waals surface area contributed by atoms with Crippen molar-refractivity contribution >= 4 is 11.8 Å². The van der Waals surface area contributed by atoms with Gasteiger partial charge in [0.05, 0.1) is 23.9 Å². The number of anilines is 2. The Hall–Kier alpha value is -3.16. The molecule has 2 atom stereocenters. The van der Waals surface area contributed by atoms with E-state index in [1.54, 1.807) is 12.1 Å². The summed E-state index contributed by atoms with van der Waals surface area (Å²) >= 11 is 0. The van der Waals surface area contributed by atoms with Gasteiger partial charge in [0.1, 0.15) is 17.5 Å². The largest absolute Gasteiger partial charge is 0.392 e. The second-order valence-corrected chi connectivity index (χ2v) is 7.32. The Morgan fingerprint density at radius 3 is 2.56 bits per heavy atom. The van der Waals surface area contributed by atoms with E-state index in [4.69, 9.17) is 5.26 Å². The maximum Gasteiger partial charge on any atom is 0.224 e. The Morgan fingerprint density at radius 2 is 1.96 bits per heavy atom. The van der Waals surface area contributed by atoms with E-state index in [9.17, 15) is 10.4 Å². The molecule has 0 radical (unpaired) electrons. The number of nitriles is 2. The van der Waals surface area contributed by atoms with Crippen molar-refractivity contribution in [1.29, 1.82) is 10.5 Å². The zero-order valence-electron chi connectivity index (χ0n) is 15.4. The average Bonchev–Trinajstić information content (AvgIpc) is 2.68. The van der Waals surface area contributed by atoms with E-state index in [0.29, 0.717) is 35.9 Å². The fraction of sp³-hybridized carbons (Fsp3) is 0.400. The number of rotatable bonds is 6. The van der Waals surface area contributed by atoms with Gasteiger partial charge in [0.15, 0.2) is 0 Å². The van der Waals surface area contributed by atoms with Crippen LogP contribution in [0.4, 0.5) is 11.8 Å². The van der Waals surface area contributed by atoms with E-state index in [1.807, 2.05) is 26.0 Å². The number of nitrogens with zero attached hydrogens (tertiary/aromatic N) is 4. The van der Waals surface area contributed by atoms with Crippen LogP contribution in [-0.2, 0) is 6.42 Å². The molecule has 27 heavy (non-hydrogen) atoms. The molecule has 0 aliphatic heterocycles. The molecule has 0 amide bonds. The number of aromatic nitrogens is 2. The van der Waals surface area contributed by atoms with Crippen LogP contribution in [0, 0.1) is 28.1 Å². The van der Waals surface area contributed by atoms with Crippen LogP contribution >= 0.6 is 0 Å². The lowest BCUT2D eigenvalue weighted by Crippen LogP contribution is -2.57. The molecule has 138 valence electrons. The zero-order chi connectivity index (χ0) is 19.4. The van der Waals surface area contributed by atoms with E-state index in [1.165, 1.54) is 6.20 Å². The molecule has 1 fully saturated rings. The first kappa shape index (κ1) is 18.6. The lowest BCUT2D eigenvalue weighted by molar-refractivity contribution is -0.0511. The molecule has 0 bridgehead atoms. The van der Waals surface area contributed by atoms with Gasteiger partial charge in [-0.25, -0.2) is 4.98 Å². The van der Waals surface area contributed by atoms with E-state index in [-0.39, 0.29) is 17.6 Å². The first-order valence-electron chi connectivity index (χ1n) is 8.88. The molecule has 1 aliphatic carbocycles. The molecule has 1 saturated carbocycles. The highest BCUT2D eigenvalue weighted by atomic mass is 16.3. The summed E-state index contributed by atoms with van der Waals surface area (Å²) in [5.41, 5.74) is 1.87. The summed E-state index contributed by atoms with van der Waals surface area (Å²) in [6.45, 7) is 4.61. The molecule has 2 aromatic rings. The van der Waals surface area contributed by atoms with Crippen molar-refractivity contribution in [3.05, 3.63) is 47.2 Å². The minimum Gasteiger partial charge on any atom is -0.392 e. The normalized spacial score (nSPS) is 20.0. The van der Waals surface area contributed by atoms with Crippen molar-refractivity contribution in [2.45, 2.75) is 38.8 Å². The molecule has 7 nitrogen and oxygen atoms in total. The molecule has 1 aromatic carbocycles. The second-order valence-electron chi connectivity index (χ2n) is 7.32. The van der Waals surface area contributed by atoms with E-state index in [0.717, 1.165) is 12.0 Å². The minimum atomic E-state index is -0.354. The number of benzene rings is 1. The first-order valence-corrected chi connectivity index (χ1v) is 8.88. The predicted octanol–water partition coefficient (Wildman–Crippen LogP) is 2.45. The van der Waals surface area contributed by atoms with Gasteiger partial charge < -0.3 is 15.7 Å². The molecule has 0 unspecified atom stereocenters. The highest BCUT2D eigenvalue weighted by molar-refractivity contribution is 5.54. The number of nitrogens with one attached hydrogen (secondary N) is 2. The van der Waals surface area contributed by atoms with Crippen molar-refractivity contribution in [3.63, 3.8) is 0 Å². The standard InChI is InChI=1S/C20H22N6O/c1-20(2)16(9-17(20)27)25-18-15(11-22)12-24-19(26-18)23-8-7-13-3-5-14(10-21)6-4-13/h3-6,12,16-17,27H,7-9H2,1-2H3,(H2,23,24,25,26)/t16-,17+/m1/s1. The van der Waals surface area contributed by atoms with E-state index < -0.39 is 0 Å². The summed E-state index contributed by atoms with van der Waals surface area (Å²) in [6.07, 6.45) is 2.54. The Kier molecular flexibility index (Phi) is 5.25. The monoisotopic (exact) mass is 362 g/mol. The van der Waals surface area contributed by atoms with Gasteiger partial charge in [0.2, 0.25) is 5.95 Å². The van der Waals surface area contributed by atoms with E-state index in [2.05, 4.69) is 32.7 Å². The molecule has 7 heteroatoms. The number of aliphatic hydroxyl groups excluding tert-OH is 1. The van der Waals surface area contributed by atoms with Crippen LogP contribution in [0.2, 0.25) is 0 Å². The van der Waals surface area contributed by atoms with Crippen LogP contribution in [0.1, 0.15) is 37.0 Å². The highest BCUT2D eigenvalue weighted by Gasteiger charge is 2.47. The molecular weight excluding hydrogens is 340 g/mol. The van der Waals surface area contributed by atoms with Crippen LogP contribution in [0.15, 0.2) is 30.5 Å². The van der Waals surface area contributed by atoms with Crippen LogP contribution in [0.5, 0.6) is 0 Å². The number of hydrogen-bond donors (Lipinski definition) is 3. The lowest BCUT2D eigenvalue weighted by Gasteiger charge is -2.49. The Bertz CT molecular complexity index is 894. The summed E-state index contributed by atoms with van der Waals surface area (Å²) in [6, 6.07) is 11.7. The van der Waals surface area contributed by atoms with Crippen LogP contribution in [0.25, 0.3) is 0 Å². The number of aliphatic hydroxyl groups is 1. The predicted molar refractivity (Wildman–Crippen MR) is 102 cm³/mol. The molecule has 0 spiro atoms. The SMILES string of the molecule is CC1(C)[C@@H](O)C[C@H]1Nc1nc(NCCc2ccc(C#N)cc2)ncc1C#N. The fourth-order valence-corrected chi connectivity index (χ4v) is 3.04. The third-order valence-corrected chi connectivity index (χ3v) is 5.22. The zero-order valence-corrected chi connectivity index (χ0v) is 15.4. The van der Waals surface area contributed by atoms with Gasteiger partial charge in [-0.15, -0.1) is 0 Å². The maximum absolute atomic E-state index is 9.89. The lowest BCUT2D eigenvalue weighted by atomic mass is 9.64. The van der Waals surface area contributed by atoms with Gasteiger partial charge in [-0.1, -0.05) is 26.0 Å². The Balaban J connectivity index is 1.62. The first-order chi connectivity index (χ1) is 12.9. The van der Waals surface area contributed by atoms with E-state index >= 15 is 0 Å². The fourth-order valence-electron chi connectivity index (χ4n) is 3.04. The summed E-state index contributed by atoms with van der Waals surface area (Å²) in [4.78, 5) is 8.63. The topological polar surface area (TPSA) is 118 Å². The van der Waals surface area contributed by atoms with Gasteiger partial charge in [0, 0.05) is 18.0 Å². The third kappa shape index (κ3) is 3.99. The molecule has 0 saturated heterocycles. The Labute approximate surface area is 158 Å². The molecule has 3 rings (SSSR count). The summed E-state index contributed by atoms with van der Waals surface area (Å²) in [5, 5.41) is 34.5. The number of hydrogen-bond acceptors (Lipinski definition) is 7. The van der Waals surface area contributed by atoms with Crippen LogP contribution in [0.3, 0.4) is 0 Å². The Morgan fingerprint density at radius 1 is 1.22 bits per heavy atom. The minimum absolute atomic E-state index is 0.0565. The quantitative estimate of drug-likeness (QED) is 0.722. The van der Waals surface area contributed by atoms with Crippen LogP contribution < -0.4 is 10.6 Å². The molecule has 1 heterocycles.